The maximum Gasteiger partial charge on any atom is 0.0889 e. The van der Waals surface area contributed by atoms with Gasteiger partial charge in [-0.25, -0.2) is 0 Å². The highest BCUT2D eigenvalue weighted by Gasteiger charge is 2.18. The lowest BCUT2D eigenvalue weighted by Crippen LogP contribution is -2.42. The Kier molecular flexibility index (Phi) is 4.14. The van der Waals surface area contributed by atoms with Crippen molar-refractivity contribution in [3.05, 3.63) is 11.3 Å². The molecule has 14 heavy (non-hydrogen) atoms. The van der Waals surface area contributed by atoms with Gasteiger partial charge in [0.05, 0.1) is 6.34 Å². The van der Waals surface area contributed by atoms with Crippen molar-refractivity contribution in [1.29, 1.82) is 0 Å². The Morgan fingerprint density at radius 2 is 2.21 bits per heavy atom. The Balaban J connectivity index is 2.84. The summed E-state index contributed by atoms with van der Waals surface area (Å²) in [4.78, 5) is 8.73. The molecule has 1 rings (SSSR count). The number of aliphatic imine (C=N–C) groups is 1. The second kappa shape index (κ2) is 5.15. The quantitative estimate of drug-likeness (QED) is 0.492. The van der Waals surface area contributed by atoms with Crippen LogP contribution in [0.5, 0.6) is 0 Å². The molecule has 0 spiro atoms. The van der Waals surface area contributed by atoms with E-state index in [9.17, 15) is 0 Å². The third kappa shape index (κ3) is 2.58. The highest BCUT2D eigenvalue weighted by molar-refractivity contribution is 5.58. The summed E-state index contributed by atoms with van der Waals surface area (Å²) in [6.07, 6.45) is 3.07. The molecule has 0 saturated carbocycles. The van der Waals surface area contributed by atoms with Crippen molar-refractivity contribution in [2.45, 2.75) is 20.3 Å². The Hall–Kier alpha value is -0.830. The Morgan fingerprint density at radius 1 is 1.50 bits per heavy atom. The van der Waals surface area contributed by atoms with E-state index in [4.69, 9.17) is 0 Å². The second-order valence-electron chi connectivity index (χ2n) is 3.89. The Morgan fingerprint density at radius 3 is 2.79 bits per heavy atom. The third-order valence-corrected chi connectivity index (χ3v) is 2.77. The first kappa shape index (κ1) is 11.2. The fourth-order valence-corrected chi connectivity index (χ4v) is 1.69. The average molecular weight is 195 g/mol. The number of hydrogen-bond donors (Lipinski definition) is 0. The molecule has 3 heteroatoms. The zero-order valence-corrected chi connectivity index (χ0v) is 9.75. The number of piperazine rings is 1. The topological polar surface area (TPSA) is 18.8 Å². The van der Waals surface area contributed by atoms with Crippen LogP contribution in [0.1, 0.15) is 20.3 Å². The van der Waals surface area contributed by atoms with Gasteiger partial charge >= 0.3 is 0 Å². The summed E-state index contributed by atoms with van der Waals surface area (Å²) in [5, 5.41) is 0. The summed E-state index contributed by atoms with van der Waals surface area (Å²) < 4.78 is 0. The molecule has 3 nitrogen and oxygen atoms in total. The molecular weight excluding hydrogens is 174 g/mol. The zero-order valence-electron chi connectivity index (χ0n) is 9.75. The predicted octanol–water partition coefficient (Wildman–Crippen LogP) is 1.58. The van der Waals surface area contributed by atoms with Crippen molar-refractivity contribution in [3.63, 3.8) is 0 Å². The molecule has 1 aliphatic rings. The van der Waals surface area contributed by atoms with Crippen LogP contribution in [-0.4, -0.2) is 49.9 Å². The Labute approximate surface area is 87.1 Å². The molecule has 0 aromatic carbocycles. The smallest absolute Gasteiger partial charge is 0.0889 e. The van der Waals surface area contributed by atoms with Crippen molar-refractivity contribution in [1.82, 2.24) is 9.80 Å². The molecule has 0 N–H and O–H groups in total. The molecule has 1 aliphatic heterocycles. The van der Waals surface area contributed by atoms with Crippen LogP contribution in [0.4, 0.5) is 0 Å². The number of rotatable bonds is 2. The van der Waals surface area contributed by atoms with E-state index in [1.165, 1.54) is 11.3 Å². The van der Waals surface area contributed by atoms with Gasteiger partial charge in [-0.1, -0.05) is 12.5 Å². The summed E-state index contributed by atoms with van der Waals surface area (Å²) >= 11 is 0. The maximum absolute atomic E-state index is 4.10. The van der Waals surface area contributed by atoms with Crippen LogP contribution in [0.15, 0.2) is 16.3 Å². The Bertz CT molecular complexity index is 243. The minimum absolute atomic E-state index is 1.05. The largest absolute Gasteiger partial charge is 0.334 e. The van der Waals surface area contributed by atoms with E-state index in [0.717, 1.165) is 26.1 Å². The van der Waals surface area contributed by atoms with E-state index in [1.807, 2.05) is 13.4 Å². The van der Waals surface area contributed by atoms with Crippen molar-refractivity contribution in [2.24, 2.45) is 4.99 Å². The van der Waals surface area contributed by atoms with Crippen LogP contribution in [0.25, 0.3) is 0 Å². The van der Waals surface area contributed by atoms with Crippen LogP contribution in [0.2, 0.25) is 0 Å². The van der Waals surface area contributed by atoms with Crippen molar-refractivity contribution in [2.75, 3.05) is 33.7 Å². The highest BCUT2D eigenvalue weighted by Crippen LogP contribution is 2.16. The van der Waals surface area contributed by atoms with E-state index in [2.05, 4.69) is 35.7 Å². The molecule has 0 aromatic heterocycles. The van der Waals surface area contributed by atoms with Gasteiger partial charge in [0.15, 0.2) is 0 Å². The number of likely N-dealkylation sites (N-methyl/N-ethyl adjacent to an activating group) is 1. The fraction of sp³-hybridized carbons (Fsp3) is 0.727. The van der Waals surface area contributed by atoms with Crippen molar-refractivity contribution >= 4 is 6.34 Å². The summed E-state index contributed by atoms with van der Waals surface area (Å²) in [6.45, 7) is 7.64. The summed E-state index contributed by atoms with van der Waals surface area (Å²) in [7, 11) is 4.00. The molecule has 1 saturated heterocycles. The van der Waals surface area contributed by atoms with E-state index in [0.29, 0.717) is 0 Å². The van der Waals surface area contributed by atoms with Gasteiger partial charge in [0, 0.05) is 32.4 Å². The van der Waals surface area contributed by atoms with E-state index >= 15 is 0 Å². The van der Waals surface area contributed by atoms with Crippen LogP contribution in [-0.2, 0) is 0 Å². The van der Waals surface area contributed by atoms with E-state index in [-0.39, 0.29) is 0 Å². The van der Waals surface area contributed by atoms with Crippen LogP contribution in [0.3, 0.4) is 0 Å². The van der Waals surface area contributed by atoms with E-state index < -0.39 is 0 Å². The molecule has 0 aliphatic carbocycles. The number of hydrogen-bond acceptors (Lipinski definition) is 2. The van der Waals surface area contributed by atoms with Gasteiger partial charge in [-0.3, -0.25) is 9.89 Å². The first-order valence-electron chi connectivity index (χ1n) is 5.25. The van der Waals surface area contributed by atoms with Crippen molar-refractivity contribution in [3.8, 4) is 0 Å². The summed E-state index contributed by atoms with van der Waals surface area (Å²) in [6, 6.07) is 0. The van der Waals surface area contributed by atoms with Gasteiger partial charge < -0.3 is 4.90 Å². The summed E-state index contributed by atoms with van der Waals surface area (Å²) in [5.74, 6) is 0. The third-order valence-electron chi connectivity index (χ3n) is 2.77. The maximum atomic E-state index is 4.10. The lowest BCUT2D eigenvalue weighted by molar-refractivity contribution is 0.261. The van der Waals surface area contributed by atoms with Gasteiger partial charge in [-0.15, -0.1) is 0 Å². The average Bonchev–Trinajstić information content (AvgIpc) is 2.20. The minimum Gasteiger partial charge on any atom is -0.334 e. The summed E-state index contributed by atoms with van der Waals surface area (Å²) in [5.41, 5.74) is 2.89. The first-order chi connectivity index (χ1) is 6.69. The lowest BCUT2D eigenvalue weighted by atomic mass is 10.1. The second-order valence-corrected chi connectivity index (χ2v) is 3.89. The first-order valence-corrected chi connectivity index (χ1v) is 5.25. The molecule has 80 valence electrons. The molecule has 0 radical (unpaired) electrons. The molecule has 0 bridgehead atoms. The van der Waals surface area contributed by atoms with Gasteiger partial charge in [0.25, 0.3) is 0 Å². The van der Waals surface area contributed by atoms with Gasteiger partial charge in [0.2, 0.25) is 0 Å². The monoisotopic (exact) mass is 195 g/mol. The molecule has 1 fully saturated rings. The molecule has 0 atom stereocenters. The lowest BCUT2D eigenvalue weighted by Gasteiger charge is -2.35. The van der Waals surface area contributed by atoms with Gasteiger partial charge in [-0.2, -0.15) is 0 Å². The fourth-order valence-electron chi connectivity index (χ4n) is 1.69. The van der Waals surface area contributed by atoms with E-state index in [1.54, 1.807) is 0 Å². The van der Waals surface area contributed by atoms with Gasteiger partial charge in [-0.05, 0) is 20.4 Å². The highest BCUT2D eigenvalue weighted by atomic mass is 15.3. The van der Waals surface area contributed by atoms with Crippen LogP contribution in [0, 0.1) is 0 Å². The molecule has 0 unspecified atom stereocenters. The SMILES string of the molecule is CC/C(C)=C1\CN(C)CCN1C=NC. The molecule has 0 amide bonds. The molecular formula is C11H21N3. The number of nitrogens with zero attached hydrogens (tertiary/aromatic N) is 3. The molecule has 0 aromatic rings. The van der Waals surface area contributed by atoms with Gasteiger partial charge in [0.1, 0.15) is 0 Å². The van der Waals surface area contributed by atoms with Crippen LogP contribution >= 0.6 is 0 Å². The minimum atomic E-state index is 1.05. The molecule has 1 heterocycles. The number of allylic oxidation sites excluding steroid dienone is 1. The standard InChI is InChI=1S/C11H21N3/c1-5-10(2)11-8-13(4)6-7-14(11)9-12-3/h9H,5-8H2,1-4H3/b11-10+,12-9?. The normalized spacial score (nSPS) is 23.3. The van der Waals surface area contributed by atoms with Crippen LogP contribution < -0.4 is 0 Å². The predicted molar refractivity (Wildman–Crippen MR) is 61.6 cm³/mol. The van der Waals surface area contributed by atoms with Crippen molar-refractivity contribution < 1.29 is 0 Å². The zero-order chi connectivity index (χ0) is 10.6.